The number of aromatic nitrogens is 1. The number of thiocarbonyl (C=S) groups is 1. The summed E-state index contributed by atoms with van der Waals surface area (Å²) in [4.78, 5) is 62.9. The molecule has 1 fully saturated rings. The van der Waals surface area contributed by atoms with Gasteiger partial charge in [0.15, 0.2) is 29.7 Å². The highest BCUT2D eigenvalue weighted by Gasteiger charge is 2.52. The molecular formula is C21H26N4O10S. The normalized spacial score (nSPS) is 22.8. The summed E-state index contributed by atoms with van der Waals surface area (Å²) in [6.07, 6.45) is -3.60. The van der Waals surface area contributed by atoms with Crippen LogP contribution in [-0.4, -0.2) is 77.1 Å². The van der Waals surface area contributed by atoms with Crippen LogP contribution in [0, 0.1) is 0 Å². The fraction of sp³-hybridized carbons (Fsp3) is 0.476. The van der Waals surface area contributed by atoms with Crippen LogP contribution in [0.2, 0.25) is 0 Å². The Morgan fingerprint density at radius 2 is 1.42 bits per heavy atom. The van der Waals surface area contributed by atoms with Crippen LogP contribution in [0.15, 0.2) is 24.5 Å². The lowest BCUT2D eigenvalue weighted by atomic mass is 9.97. The zero-order chi connectivity index (χ0) is 26.8. The highest BCUT2D eigenvalue weighted by molar-refractivity contribution is 7.80. The molecule has 5 atom stereocenters. The molecule has 14 nitrogen and oxygen atoms in total. The second-order valence-electron chi connectivity index (χ2n) is 7.41. The number of carbonyl (C=O) groups is 5. The molecule has 15 heteroatoms. The number of nitrogens with one attached hydrogen (secondary N) is 3. The van der Waals surface area contributed by atoms with Crippen molar-refractivity contribution in [2.75, 3.05) is 6.61 Å². The first-order chi connectivity index (χ1) is 17.0. The van der Waals surface area contributed by atoms with Gasteiger partial charge in [-0.05, 0) is 24.4 Å². The van der Waals surface area contributed by atoms with Gasteiger partial charge in [-0.1, -0.05) is 0 Å². The minimum absolute atomic E-state index is 0.168. The number of hydrazine groups is 1. The molecule has 0 unspecified atom stereocenters. The van der Waals surface area contributed by atoms with E-state index >= 15 is 0 Å². The summed E-state index contributed by atoms with van der Waals surface area (Å²) in [5.74, 6) is -3.46. The quantitative estimate of drug-likeness (QED) is 0.175. The number of esters is 4. The van der Waals surface area contributed by atoms with E-state index in [2.05, 4.69) is 21.2 Å². The molecule has 0 radical (unpaired) electrons. The summed E-state index contributed by atoms with van der Waals surface area (Å²) < 4.78 is 26.8. The van der Waals surface area contributed by atoms with Gasteiger partial charge in [-0.25, -0.2) is 0 Å². The van der Waals surface area contributed by atoms with Gasteiger partial charge in [0.05, 0.1) is 0 Å². The van der Waals surface area contributed by atoms with Crippen LogP contribution in [0.5, 0.6) is 0 Å². The van der Waals surface area contributed by atoms with E-state index in [9.17, 15) is 24.0 Å². The second kappa shape index (κ2) is 13.3. The number of carbonyl (C=O) groups excluding carboxylic acids is 5. The van der Waals surface area contributed by atoms with Gasteiger partial charge in [0.1, 0.15) is 12.7 Å². The van der Waals surface area contributed by atoms with E-state index in [1.807, 2.05) is 0 Å². The van der Waals surface area contributed by atoms with Gasteiger partial charge in [-0.15, -0.1) is 0 Å². The van der Waals surface area contributed by atoms with E-state index in [0.717, 1.165) is 27.7 Å². The lowest BCUT2D eigenvalue weighted by Crippen LogP contribution is -2.67. The standard InChI is InChI=1S/C21H26N4O10S/c1-10(26)31-9-15-16(32-11(2)27)17(33-12(3)28)18(34-13(4)29)20(35-15)23-21(36)25-24-19(30)14-5-7-22-8-6-14/h5-8,15-18,20H,9H2,1-4H3,(H,24,30)(H2,23,25,36)/t15-,16-,17+,18-,20-/m0/s1. The summed E-state index contributed by atoms with van der Waals surface area (Å²) in [5, 5.41) is 2.53. The van der Waals surface area contributed by atoms with Crippen molar-refractivity contribution in [3.63, 3.8) is 0 Å². The number of hydrogen-bond donors (Lipinski definition) is 3. The maximum Gasteiger partial charge on any atom is 0.303 e. The Morgan fingerprint density at radius 1 is 0.861 bits per heavy atom. The van der Waals surface area contributed by atoms with Crippen LogP contribution in [0.3, 0.4) is 0 Å². The first-order valence-electron chi connectivity index (χ1n) is 10.5. The number of rotatable bonds is 7. The first kappa shape index (κ1) is 28.4. The highest BCUT2D eigenvalue weighted by atomic mass is 32.1. The van der Waals surface area contributed by atoms with Crippen molar-refractivity contribution in [3.8, 4) is 0 Å². The summed E-state index contributed by atoms with van der Waals surface area (Å²) in [7, 11) is 0. The summed E-state index contributed by atoms with van der Waals surface area (Å²) in [5.41, 5.74) is 5.13. The molecule has 0 spiro atoms. The van der Waals surface area contributed by atoms with Crippen LogP contribution >= 0.6 is 12.2 Å². The highest BCUT2D eigenvalue weighted by Crippen LogP contribution is 2.28. The smallest absolute Gasteiger partial charge is 0.303 e. The summed E-state index contributed by atoms with van der Waals surface area (Å²) in [6.45, 7) is 4.10. The average Bonchev–Trinajstić information content (AvgIpc) is 2.79. The number of pyridine rings is 1. The van der Waals surface area contributed by atoms with Gasteiger partial charge in [-0.3, -0.25) is 39.8 Å². The first-order valence-corrected chi connectivity index (χ1v) is 11.0. The van der Waals surface area contributed by atoms with E-state index in [1.165, 1.54) is 24.5 Å². The molecule has 0 bridgehead atoms. The van der Waals surface area contributed by atoms with Gasteiger partial charge < -0.3 is 29.0 Å². The molecule has 1 aromatic rings. The van der Waals surface area contributed by atoms with E-state index in [1.54, 1.807) is 0 Å². The van der Waals surface area contributed by atoms with E-state index in [4.69, 9.17) is 35.9 Å². The second-order valence-corrected chi connectivity index (χ2v) is 7.82. The predicted octanol–water partition coefficient (Wildman–Crippen LogP) is -0.726. The Kier molecular flexibility index (Phi) is 10.5. The minimum Gasteiger partial charge on any atom is -0.463 e. The van der Waals surface area contributed by atoms with Crippen molar-refractivity contribution in [2.24, 2.45) is 0 Å². The molecule has 3 N–H and O–H groups in total. The molecule has 1 aromatic heterocycles. The Labute approximate surface area is 211 Å². The summed E-state index contributed by atoms with van der Waals surface area (Å²) >= 11 is 5.19. The zero-order valence-electron chi connectivity index (χ0n) is 19.8. The van der Waals surface area contributed by atoms with Gasteiger partial charge in [0, 0.05) is 45.7 Å². The number of hydrogen-bond acceptors (Lipinski definition) is 12. The topological polar surface area (TPSA) is 180 Å². The third-order valence-corrected chi connectivity index (χ3v) is 4.72. The Morgan fingerprint density at radius 3 is 1.97 bits per heavy atom. The Balaban J connectivity index is 2.26. The van der Waals surface area contributed by atoms with Crippen molar-refractivity contribution >= 4 is 47.1 Å². The SMILES string of the molecule is CC(=O)OC[C@@H]1O[C@H](NC(=S)NNC(=O)c2ccncc2)[C@@H](OC(C)=O)[C@H](OC(C)=O)[C@H]1OC(C)=O. The molecule has 0 aliphatic carbocycles. The molecule has 2 rings (SSSR count). The zero-order valence-corrected chi connectivity index (χ0v) is 20.7. The molecule has 1 amide bonds. The number of ether oxygens (including phenoxy) is 5. The van der Waals surface area contributed by atoms with Crippen LogP contribution in [0.1, 0.15) is 38.1 Å². The fourth-order valence-corrected chi connectivity index (χ4v) is 3.37. The van der Waals surface area contributed by atoms with E-state index in [-0.39, 0.29) is 5.11 Å². The molecule has 0 aromatic carbocycles. The average molecular weight is 527 g/mol. The molecule has 1 aliphatic heterocycles. The minimum atomic E-state index is -1.36. The maximum absolute atomic E-state index is 12.2. The predicted molar refractivity (Wildman–Crippen MR) is 123 cm³/mol. The lowest BCUT2D eigenvalue weighted by Gasteiger charge is -2.44. The Bertz CT molecular complexity index is 992. The van der Waals surface area contributed by atoms with Crippen molar-refractivity contribution in [1.29, 1.82) is 0 Å². The number of amides is 1. The third-order valence-electron chi connectivity index (χ3n) is 4.50. The molecule has 196 valence electrons. The monoisotopic (exact) mass is 526 g/mol. The third kappa shape index (κ3) is 8.74. The van der Waals surface area contributed by atoms with Crippen LogP contribution in [-0.2, 0) is 42.9 Å². The van der Waals surface area contributed by atoms with Crippen molar-refractivity contribution in [3.05, 3.63) is 30.1 Å². The molecule has 2 heterocycles. The van der Waals surface area contributed by atoms with Gasteiger partial charge in [-0.2, -0.15) is 0 Å². The molecule has 36 heavy (non-hydrogen) atoms. The van der Waals surface area contributed by atoms with E-state index < -0.39 is 67.0 Å². The fourth-order valence-electron chi connectivity index (χ4n) is 3.20. The van der Waals surface area contributed by atoms with E-state index in [0.29, 0.717) is 5.56 Å². The molecular weight excluding hydrogens is 500 g/mol. The number of nitrogens with zero attached hydrogens (tertiary/aromatic N) is 1. The van der Waals surface area contributed by atoms with Gasteiger partial charge >= 0.3 is 23.9 Å². The molecule has 1 aliphatic rings. The van der Waals surface area contributed by atoms with Crippen molar-refractivity contribution in [2.45, 2.75) is 58.3 Å². The maximum atomic E-state index is 12.2. The van der Waals surface area contributed by atoms with Crippen LogP contribution < -0.4 is 16.2 Å². The molecule has 0 saturated carbocycles. The largest absolute Gasteiger partial charge is 0.463 e. The van der Waals surface area contributed by atoms with Crippen LogP contribution in [0.25, 0.3) is 0 Å². The van der Waals surface area contributed by atoms with Gasteiger partial charge in [0.2, 0.25) is 0 Å². The van der Waals surface area contributed by atoms with Gasteiger partial charge in [0.25, 0.3) is 5.91 Å². The van der Waals surface area contributed by atoms with Crippen molar-refractivity contribution < 1.29 is 47.7 Å². The van der Waals surface area contributed by atoms with Crippen LogP contribution in [0.4, 0.5) is 0 Å². The lowest BCUT2D eigenvalue weighted by molar-refractivity contribution is -0.254. The van der Waals surface area contributed by atoms with Crippen molar-refractivity contribution in [1.82, 2.24) is 21.2 Å². The summed E-state index contributed by atoms with van der Waals surface area (Å²) in [6, 6.07) is 2.96. The molecule has 1 saturated heterocycles. The Hall–Kier alpha value is -3.85.